The van der Waals surface area contributed by atoms with E-state index in [1.54, 1.807) is 24.5 Å². The van der Waals surface area contributed by atoms with Gasteiger partial charge in [-0.05, 0) is 68.5 Å². The van der Waals surface area contributed by atoms with E-state index in [1.165, 1.54) is 0 Å². The predicted molar refractivity (Wildman–Crippen MR) is 106 cm³/mol. The average molecular weight is 365 g/mol. The van der Waals surface area contributed by atoms with E-state index in [0.717, 1.165) is 34.2 Å². The van der Waals surface area contributed by atoms with Crippen LogP contribution < -0.4 is 0 Å². The topological polar surface area (TPSA) is 53.5 Å². The maximum absolute atomic E-state index is 13.3. The molecule has 5 heteroatoms. The van der Waals surface area contributed by atoms with Gasteiger partial charge in [-0.25, -0.2) is 0 Å². The van der Waals surface area contributed by atoms with Crippen LogP contribution >= 0.6 is 0 Å². The Hall–Kier alpha value is -2.69. The van der Waals surface area contributed by atoms with Gasteiger partial charge in [-0.3, -0.25) is 14.6 Å². The highest BCUT2D eigenvalue weighted by molar-refractivity contribution is 5.98. The predicted octanol–water partition coefficient (Wildman–Crippen LogP) is 3.30. The first-order valence-corrected chi connectivity index (χ1v) is 9.46. The number of pyridine rings is 1. The molecular formula is C22H27N3O2. The molecule has 1 fully saturated rings. The number of hydrogen-bond donors (Lipinski definition) is 0. The molecule has 1 saturated heterocycles. The molecule has 1 aliphatic rings. The van der Waals surface area contributed by atoms with Crippen molar-refractivity contribution >= 4 is 11.8 Å². The lowest BCUT2D eigenvalue weighted by Crippen LogP contribution is -2.38. The van der Waals surface area contributed by atoms with Crippen molar-refractivity contribution in [1.29, 1.82) is 0 Å². The first kappa shape index (κ1) is 19.1. The molecule has 3 rings (SSSR count). The van der Waals surface area contributed by atoms with E-state index in [9.17, 15) is 9.59 Å². The fraction of sp³-hybridized carbons (Fsp3) is 0.409. The molecule has 1 aromatic carbocycles. The van der Waals surface area contributed by atoms with Crippen LogP contribution in [-0.2, 0) is 0 Å². The number of aromatic nitrogens is 1. The number of aryl methyl sites for hydroxylation is 2. The number of benzene rings is 1. The average Bonchev–Trinajstić information content (AvgIpc) is 2.93. The van der Waals surface area contributed by atoms with Crippen molar-refractivity contribution in [2.24, 2.45) is 0 Å². The highest BCUT2D eigenvalue weighted by atomic mass is 16.2. The molecule has 142 valence electrons. The zero-order valence-electron chi connectivity index (χ0n) is 16.6. The molecule has 5 nitrogen and oxygen atoms in total. The van der Waals surface area contributed by atoms with Crippen molar-refractivity contribution in [3.63, 3.8) is 0 Å². The van der Waals surface area contributed by atoms with Crippen LogP contribution in [0.1, 0.15) is 49.4 Å². The molecule has 27 heavy (non-hydrogen) atoms. The third kappa shape index (κ3) is 3.87. The number of hydrogen-bond acceptors (Lipinski definition) is 3. The van der Waals surface area contributed by atoms with Crippen molar-refractivity contribution < 1.29 is 9.59 Å². The molecule has 0 spiro atoms. The zero-order valence-corrected chi connectivity index (χ0v) is 16.6. The standard InChI is InChI=1S/C22H27N3O2/c1-15-13-16(2)18(4)20(17(15)3)22(27)25-10-6-9-24(11-12-25)21(26)19-7-5-8-23-14-19/h5,7-8,13-14H,6,9-12H2,1-4H3. The van der Waals surface area contributed by atoms with E-state index in [4.69, 9.17) is 0 Å². The van der Waals surface area contributed by atoms with Gasteiger partial charge in [-0.2, -0.15) is 0 Å². The van der Waals surface area contributed by atoms with Crippen molar-refractivity contribution in [2.75, 3.05) is 26.2 Å². The van der Waals surface area contributed by atoms with E-state index >= 15 is 0 Å². The molecule has 1 aliphatic heterocycles. The van der Waals surface area contributed by atoms with Gasteiger partial charge in [0.2, 0.25) is 0 Å². The van der Waals surface area contributed by atoms with Crippen LogP contribution in [0, 0.1) is 27.7 Å². The number of carbonyl (C=O) groups excluding carboxylic acids is 2. The summed E-state index contributed by atoms with van der Waals surface area (Å²) in [6.45, 7) is 10.6. The van der Waals surface area contributed by atoms with E-state index < -0.39 is 0 Å². The summed E-state index contributed by atoms with van der Waals surface area (Å²) in [7, 11) is 0. The quantitative estimate of drug-likeness (QED) is 0.820. The maximum Gasteiger partial charge on any atom is 0.255 e. The normalized spacial score (nSPS) is 14.8. The molecule has 0 N–H and O–H groups in total. The second-order valence-corrected chi connectivity index (χ2v) is 7.32. The lowest BCUT2D eigenvalue weighted by molar-refractivity contribution is 0.0717. The first-order valence-electron chi connectivity index (χ1n) is 9.46. The number of carbonyl (C=O) groups is 2. The smallest absolute Gasteiger partial charge is 0.255 e. The van der Waals surface area contributed by atoms with Gasteiger partial charge in [-0.1, -0.05) is 6.07 Å². The summed E-state index contributed by atoms with van der Waals surface area (Å²) in [5.74, 6) is 0.0589. The summed E-state index contributed by atoms with van der Waals surface area (Å²) >= 11 is 0. The summed E-state index contributed by atoms with van der Waals surface area (Å²) < 4.78 is 0. The van der Waals surface area contributed by atoms with E-state index in [-0.39, 0.29) is 11.8 Å². The summed E-state index contributed by atoms with van der Waals surface area (Å²) in [4.78, 5) is 33.7. The van der Waals surface area contributed by atoms with Gasteiger partial charge in [0.25, 0.3) is 11.8 Å². The maximum atomic E-state index is 13.3. The van der Waals surface area contributed by atoms with Crippen LogP contribution in [0.5, 0.6) is 0 Å². The molecule has 0 radical (unpaired) electrons. The third-order valence-corrected chi connectivity index (χ3v) is 5.56. The van der Waals surface area contributed by atoms with Crippen LogP contribution in [0.3, 0.4) is 0 Å². The largest absolute Gasteiger partial charge is 0.337 e. The Kier molecular flexibility index (Phi) is 5.59. The number of nitrogens with zero attached hydrogens (tertiary/aromatic N) is 3. The molecular weight excluding hydrogens is 338 g/mol. The SMILES string of the molecule is Cc1cc(C)c(C)c(C(=O)N2CCCN(C(=O)c3cccnc3)CC2)c1C. The van der Waals surface area contributed by atoms with Gasteiger partial charge in [-0.15, -0.1) is 0 Å². The summed E-state index contributed by atoms with van der Waals surface area (Å²) in [5.41, 5.74) is 5.80. The van der Waals surface area contributed by atoms with Gasteiger partial charge < -0.3 is 9.80 Å². The van der Waals surface area contributed by atoms with E-state index in [1.807, 2.05) is 23.6 Å². The molecule has 0 bridgehead atoms. The van der Waals surface area contributed by atoms with Crippen LogP contribution in [0.2, 0.25) is 0 Å². The van der Waals surface area contributed by atoms with Gasteiger partial charge in [0.15, 0.2) is 0 Å². The Bertz CT molecular complexity index is 835. The Balaban J connectivity index is 1.77. The van der Waals surface area contributed by atoms with E-state index in [2.05, 4.69) is 24.9 Å². The monoisotopic (exact) mass is 365 g/mol. The molecule has 0 saturated carbocycles. The lowest BCUT2D eigenvalue weighted by atomic mass is 9.93. The molecule has 2 heterocycles. The van der Waals surface area contributed by atoms with Gasteiger partial charge in [0, 0.05) is 44.1 Å². The lowest BCUT2D eigenvalue weighted by Gasteiger charge is -2.24. The van der Waals surface area contributed by atoms with E-state index in [0.29, 0.717) is 31.7 Å². The Morgan fingerprint density at radius 2 is 1.48 bits per heavy atom. The Morgan fingerprint density at radius 3 is 2.04 bits per heavy atom. The minimum atomic E-state index is -0.0174. The molecule has 2 aromatic rings. The van der Waals surface area contributed by atoms with Crippen LogP contribution in [0.25, 0.3) is 0 Å². The van der Waals surface area contributed by atoms with Gasteiger partial charge >= 0.3 is 0 Å². The highest BCUT2D eigenvalue weighted by Crippen LogP contribution is 2.24. The van der Waals surface area contributed by atoms with Crippen molar-refractivity contribution in [2.45, 2.75) is 34.1 Å². The minimum Gasteiger partial charge on any atom is -0.337 e. The highest BCUT2D eigenvalue weighted by Gasteiger charge is 2.26. The summed E-state index contributed by atoms with van der Waals surface area (Å²) in [6, 6.07) is 5.69. The zero-order chi connectivity index (χ0) is 19.6. The number of amides is 2. The first-order chi connectivity index (χ1) is 12.9. The second-order valence-electron chi connectivity index (χ2n) is 7.32. The second kappa shape index (κ2) is 7.91. The summed E-state index contributed by atoms with van der Waals surface area (Å²) in [6.07, 6.45) is 4.03. The molecule has 0 atom stereocenters. The molecule has 0 aliphatic carbocycles. The molecule has 2 amide bonds. The third-order valence-electron chi connectivity index (χ3n) is 5.56. The fourth-order valence-electron chi connectivity index (χ4n) is 3.69. The number of rotatable bonds is 2. The van der Waals surface area contributed by atoms with Crippen molar-refractivity contribution in [3.8, 4) is 0 Å². The van der Waals surface area contributed by atoms with Crippen molar-refractivity contribution in [3.05, 3.63) is 64.0 Å². The fourth-order valence-corrected chi connectivity index (χ4v) is 3.69. The van der Waals surface area contributed by atoms with Gasteiger partial charge in [0.05, 0.1) is 5.56 Å². The summed E-state index contributed by atoms with van der Waals surface area (Å²) in [5, 5.41) is 0. The van der Waals surface area contributed by atoms with Gasteiger partial charge in [0.1, 0.15) is 0 Å². The molecule has 0 unspecified atom stereocenters. The minimum absolute atomic E-state index is 0.0174. The van der Waals surface area contributed by atoms with Crippen LogP contribution in [0.15, 0.2) is 30.6 Å². The van der Waals surface area contributed by atoms with Crippen LogP contribution in [0.4, 0.5) is 0 Å². The van der Waals surface area contributed by atoms with Crippen molar-refractivity contribution in [1.82, 2.24) is 14.8 Å². The molecule has 1 aromatic heterocycles. The van der Waals surface area contributed by atoms with Crippen LogP contribution in [-0.4, -0.2) is 52.8 Å². The Morgan fingerprint density at radius 1 is 0.889 bits per heavy atom. The Labute approximate surface area is 161 Å².